The predicted octanol–water partition coefficient (Wildman–Crippen LogP) is 8.08. The lowest BCUT2D eigenvalue weighted by atomic mass is 10.1. The molecule has 8 atom stereocenters. The number of nitrogens with one attached hydrogen (secondary N) is 2. The van der Waals surface area contributed by atoms with E-state index in [0.29, 0.717) is 69.8 Å². The van der Waals surface area contributed by atoms with Gasteiger partial charge in [0.05, 0.1) is 15.6 Å². The molecule has 4 aliphatic rings. The van der Waals surface area contributed by atoms with Gasteiger partial charge in [0.1, 0.15) is 5.60 Å². The Labute approximate surface area is 537 Å². The number of alkyl carbamates (subject to hydrolysis) is 1. The van der Waals surface area contributed by atoms with Crippen LogP contribution >= 0.6 is 15.9 Å². The van der Waals surface area contributed by atoms with Gasteiger partial charge >= 0.3 is 28.9 Å². The number of rotatable bonds is 11. The molecule has 0 bridgehead atoms. The summed E-state index contributed by atoms with van der Waals surface area (Å²) >= 11 is 3.33. The van der Waals surface area contributed by atoms with E-state index in [2.05, 4.69) is 46.5 Å². The standard InChI is InChI=1S/C16H16BrFN4O2.C16H17FN4O5S.C14H21FN4O3.C9H13FN4O.4CH4/c17-10-3-1-2-9(6-10)15(23)20-11-4-5-12(7-11)22-8-13(18)14(19)21-16(22)24;17-14-8-20(16(22)19-15(14)18)12-2-1-10(7-12)9-27(25,26)13-5-3-11(4-6-13)21(23)24;1-14(2,3)22-13(21)17-8-4-5-9(6-8)19-7-10(15)11(16)18-12(19)20;10-7-4-14(9(15)13-8(7)12)6-2-1-5(11)3-6;;;;/h1-3,6,8,11-12H,4-5,7H2,(H,20,23)(H2,19,21,24);3-6,8,10,12H,1-2,7,9H2,(H2,18,19,22);7-9H,4-6H2,1-3H3,(H,17,21)(H2,16,18,20);4-6H,1-3,11H2,(H2,12,13,15);4*1H4/t11-,12-;10-,12-;8-,9-;5-,6-;;;;/m0000..../s1. The number of sulfone groups is 1. The predicted molar refractivity (Wildman–Crippen MR) is 345 cm³/mol. The molecule has 0 unspecified atom stereocenters. The molecule has 4 aromatic heterocycles. The number of anilines is 4. The maximum Gasteiger partial charge on any atom is 0.407 e. The van der Waals surface area contributed by atoms with Gasteiger partial charge in [-0.25, -0.2) is 50.0 Å². The highest BCUT2D eigenvalue weighted by Gasteiger charge is 2.34. The number of amides is 2. The van der Waals surface area contributed by atoms with E-state index in [0.717, 1.165) is 58.8 Å². The van der Waals surface area contributed by atoms with Crippen LogP contribution in [0, 0.1) is 39.3 Å². The van der Waals surface area contributed by atoms with Crippen molar-refractivity contribution in [1.29, 1.82) is 0 Å². The minimum Gasteiger partial charge on any atom is -0.444 e. The summed E-state index contributed by atoms with van der Waals surface area (Å²) in [6.07, 6.45) is 11.3. The Kier molecular flexibility index (Phi) is 28.0. The molecule has 0 spiro atoms. The van der Waals surface area contributed by atoms with E-state index in [-0.39, 0.29) is 106 Å². The van der Waals surface area contributed by atoms with Crippen LogP contribution in [0.15, 0.2) is 102 Å². The zero-order valence-corrected chi connectivity index (χ0v) is 50.3. The summed E-state index contributed by atoms with van der Waals surface area (Å²) in [6, 6.07) is 10.9. The molecule has 506 valence electrons. The van der Waals surface area contributed by atoms with Gasteiger partial charge in [-0.15, -0.1) is 0 Å². The summed E-state index contributed by atoms with van der Waals surface area (Å²) in [4.78, 5) is 94.9. The smallest absolute Gasteiger partial charge is 0.407 e. The molecule has 2 amide bonds. The second-order valence-corrected chi connectivity index (χ2v) is 25.7. The summed E-state index contributed by atoms with van der Waals surface area (Å²) < 4.78 is 89.8. The third-order valence-corrected chi connectivity index (χ3v) is 17.5. The van der Waals surface area contributed by atoms with E-state index in [9.17, 15) is 64.9 Å². The maximum absolute atomic E-state index is 13.6. The van der Waals surface area contributed by atoms with Gasteiger partial charge in [-0.3, -0.25) is 33.2 Å². The number of nitro benzene ring substituents is 1. The SMILES string of the molecule is C.C.C.C.CC(C)(C)OC(=O)N[C@H]1CC[C@H](n2cc(F)c(N)nc2=O)C1.Nc1nc(=O)n([C@H]2CC[C@H](CS(=O)(=O)c3ccc([N+](=O)[O-])cc3)C2)cc1F.Nc1nc(=O)n([C@H]2CC[C@H](N)C2)cc1F.Nc1nc(=O)n([C@H]2CC[C@H](NC(=O)c3cccc(Br)c3)C2)cc1F. The summed E-state index contributed by atoms with van der Waals surface area (Å²) in [6.45, 7) is 5.35. The van der Waals surface area contributed by atoms with Crippen molar-refractivity contribution in [3.05, 3.63) is 159 Å². The lowest BCUT2D eigenvalue weighted by Gasteiger charge is -2.22. The maximum atomic E-state index is 13.6. The van der Waals surface area contributed by atoms with Crippen LogP contribution in [-0.2, 0) is 14.6 Å². The Morgan fingerprint density at radius 2 is 1.01 bits per heavy atom. The molecular formula is C59H83BrF4N16O11S. The van der Waals surface area contributed by atoms with Crippen LogP contribution in [0.1, 0.15) is 162 Å². The molecule has 0 radical (unpaired) electrons. The van der Waals surface area contributed by atoms with Crippen LogP contribution < -0.4 is 62.1 Å². The highest BCUT2D eigenvalue weighted by Crippen LogP contribution is 2.37. The average molecular weight is 1380 g/mol. The molecule has 4 fully saturated rings. The molecule has 6 aromatic rings. The molecule has 2 aromatic carbocycles. The van der Waals surface area contributed by atoms with E-state index in [1.54, 1.807) is 39.0 Å². The number of nitro groups is 1. The molecule has 4 saturated carbocycles. The number of carbonyl (C=O) groups is 2. The number of nitrogen functional groups attached to an aromatic ring is 4. The Morgan fingerprint density at radius 3 is 1.40 bits per heavy atom. The molecule has 4 aliphatic carbocycles. The third-order valence-electron chi connectivity index (χ3n) is 15.1. The zero-order valence-electron chi connectivity index (χ0n) is 47.9. The van der Waals surface area contributed by atoms with Crippen molar-refractivity contribution in [2.45, 2.75) is 180 Å². The summed E-state index contributed by atoms with van der Waals surface area (Å²) in [5, 5.41) is 16.4. The number of nitrogens with two attached hydrogens (primary N) is 5. The molecule has 27 nitrogen and oxygen atoms in total. The van der Waals surface area contributed by atoms with Gasteiger partial charge in [-0.1, -0.05) is 51.7 Å². The van der Waals surface area contributed by atoms with E-state index >= 15 is 0 Å². The number of ether oxygens (including phenoxy) is 1. The molecule has 4 heterocycles. The number of benzene rings is 2. The number of hydrogen-bond donors (Lipinski definition) is 7. The number of hydrogen-bond acceptors (Lipinski definition) is 20. The van der Waals surface area contributed by atoms with E-state index in [4.69, 9.17) is 33.4 Å². The molecule has 33 heteroatoms. The number of aromatic nitrogens is 8. The van der Waals surface area contributed by atoms with Gasteiger partial charge < -0.3 is 44.0 Å². The fourth-order valence-electron chi connectivity index (χ4n) is 10.8. The largest absolute Gasteiger partial charge is 0.444 e. The number of halogens is 5. The number of nitrogens with zero attached hydrogens (tertiary/aromatic N) is 9. The number of carbonyl (C=O) groups excluding carboxylic acids is 2. The van der Waals surface area contributed by atoms with E-state index in [1.807, 2.05) is 6.07 Å². The molecular weight excluding hydrogens is 1300 g/mol. The normalized spacial score (nSPS) is 20.4. The number of non-ortho nitro benzene ring substituents is 1. The van der Waals surface area contributed by atoms with Crippen LogP contribution in [0.25, 0.3) is 0 Å². The highest BCUT2D eigenvalue weighted by molar-refractivity contribution is 9.10. The summed E-state index contributed by atoms with van der Waals surface area (Å²) in [5.41, 5.74) is 24.2. The second-order valence-electron chi connectivity index (χ2n) is 22.7. The van der Waals surface area contributed by atoms with Crippen molar-refractivity contribution in [2.24, 2.45) is 11.7 Å². The lowest BCUT2D eigenvalue weighted by Crippen LogP contribution is -2.38. The van der Waals surface area contributed by atoms with Crippen LogP contribution in [0.3, 0.4) is 0 Å². The minimum atomic E-state index is -3.64. The molecule has 12 N–H and O–H groups in total. The van der Waals surface area contributed by atoms with Crippen molar-refractivity contribution >= 4 is 66.7 Å². The highest BCUT2D eigenvalue weighted by atomic mass is 79.9. The van der Waals surface area contributed by atoms with Gasteiger partial charge in [-0.05, 0) is 134 Å². The first-order valence-electron chi connectivity index (χ1n) is 27.8. The Balaban J connectivity index is 0.000000321. The third kappa shape index (κ3) is 20.7. The van der Waals surface area contributed by atoms with Crippen molar-refractivity contribution in [2.75, 3.05) is 28.7 Å². The molecule has 10 rings (SSSR count). The zero-order chi connectivity index (χ0) is 64.5. The van der Waals surface area contributed by atoms with Gasteiger partial charge in [0, 0.05) is 89.2 Å². The monoisotopic (exact) mass is 1380 g/mol. The minimum absolute atomic E-state index is 0. The molecule has 0 saturated heterocycles. The first kappa shape index (κ1) is 77.7. The van der Waals surface area contributed by atoms with Gasteiger partial charge in [0.15, 0.2) is 56.4 Å². The summed E-state index contributed by atoms with van der Waals surface area (Å²) in [5.74, 6) is -5.04. The van der Waals surface area contributed by atoms with Crippen LogP contribution in [-0.4, -0.2) is 93.0 Å². The first-order chi connectivity index (χ1) is 41.3. The van der Waals surface area contributed by atoms with Crippen LogP contribution in [0.4, 0.5) is 51.3 Å². The van der Waals surface area contributed by atoms with Gasteiger partial charge in [0.2, 0.25) is 0 Å². The first-order valence-corrected chi connectivity index (χ1v) is 30.2. The fraction of sp³-hybridized carbons (Fsp3) is 0.492. The average Bonchev–Trinajstić information content (AvgIpc) is 1.97. The summed E-state index contributed by atoms with van der Waals surface area (Å²) in [7, 11) is -3.64. The molecule has 92 heavy (non-hydrogen) atoms. The second kappa shape index (κ2) is 33.1. The van der Waals surface area contributed by atoms with E-state index in [1.165, 1.54) is 25.8 Å². The molecule has 0 aliphatic heterocycles. The lowest BCUT2D eigenvalue weighted by molar-refractivity contribution is -0.384. The fourth-order valence-corrected chi connectivity index (χ4v) is 12.9. The van der Waals surface area contributed by atoms with Crippen LogP contribution in [0.5, 0.6) is 0 Å². The Hall–Kier alpha value is -8.59. The quantitative estimate of drug-likeness (QED) is 0.0366. The van der Waals surface area contributed by atoms with Crippen molar-refractivity contribution in [3.63, 3.8) is 0 Å². The van der Waals surface area contributed by atoms with E-state index < -0.39 is 89.9 Å². The Morgan fingerprint density at radius 1 is 0.620 bits per heavy atom. The van der Waals surface area contributed by atoms with Gasteiger partial charge in [0.25, 0.3) is 11.6 Å². The Bertz CT molecular complexity index is 3910. The van der Waals surface area contributed by atoms with Crippen molar-refractivity contribution in [1.82, 2.24) is 48.8 Å². The van der Waals surface area contributed by atoms with Crippen LogP contribution in [0.2, 0.25) is 0 Å². The van der Waals surface area contributed by atoms with Crippen molar-refractivity contribution in [3.8, 4) is 0 Å². The topological polar surface area (TPSA) is 414 Å². The van der Waals surface area contributed by atoms with Gasteiger partial charge in [-0.2, -0.15) is 19.9 Å². The van der Waals surface area contributed by atoms with Crippen molar-refractivity contribution < 1.29 is 45.2 Å².